The van der Waals surface area contributed by atoms with Crippen molar-refractivity contribution in [2.75, 3.05) is 26.6 Å². The molecule has 19 nitrogen and oxygen atoms in total. The average Bonchev–Trinajstić information content (AvgIpc) is 3.19. The largest absolute Gasteiger partial charge is 0.472 e. The fraction of sp³-hybridized carbons (Fsp3) is 0.487. The van der Waals surface area contributed by atoms with Crippen LogP contribution in [0.5, 0.6) is 0 Å². The maximum atomic E-state index is 13.3. The van der Waals surface area contributed by atoms with Gasteiger partial charge in [0.2, 0.25) is 41.4 Å². The molecule has 11 N–H and O–H groups in total. The van der Waals surface area contributed by atoms with Crippen LogP contribution in [0.4, 0.5) is 0 Å². The van der Waals surface area contributed by atoms with Crippen LogP contribution in [-0.4, -0.2) is 131 Å². The molecule has 8 amide bonds. The number of aryl methyl sites for hydroxylation is 1. The number of unbranched alkanes of at least 4 members (excludes halogenated alkanes) is 1. The molecule has 0 aliphatic heterocycles. The normalized spacial score (nSPS) is 13.4. The van der Waals surface area contributed by atoms with Gasteiger partial charge in [0.05, 0.1) is 26.0 Å². The Labute approximate surface area is 343 Å². The van der Waals surface area contributed by atoms with Gasteiger partial charge in [-0.2, -0.15) is 0 Å². The molecule has 2 aromatic carbocycles. The van der Waals surface area contributed by atoms with Crippen LogP contribution in [-0.2, 0) is 40.0 Å². The van der Waals surface area contributed by atoms with E-state index in [0.29, 0.717) is 0 Å². The minimum atomic E-state index is -1.89. The summed E-state index contributed by atoms with van der Waals surface area (Å²) in [6, 6.07) is 8.39. The minimum Gasteiger partial charge on any atom is -0.426 e. The van der Waals surface area contributed by atoms with Crippen molar-refractivity contribution in [1.82, 2.24) is 36.8 Å². The van der Waals surface area contributed by atoms with E-state index in [1.165, 1.54) is 26.5 Å². The van der Waals surface area contributed by atoms with Gasteiger partial charge in [0.15, 0.2) is 0 Å². The number of carbonyl (C=O) groups is 8. The van der Waals surface area contributed by atoms with Crippen LogP contribution in [0.2, 0.25) is 0 Å². The minimum absolute atomic E-state index is 0.245. The van der Waals surface area contributed by atoms with Gasteiger partial charge >= 0.3 is 7.12 Å². The second-order valence-corrected chi connectivity index (χ2v) is 14.4. The standard InChI is InChI=1S/C39H57BN8O11/c1-7-8-9-25-10-12-26(13-11-25)27-14-16-28(17-15-27)36(54)47-30(20-49)38(56)44-23(4)34(52)42-19-32(51)48(6)33(22(2)3)39(57)45-24(5)35(53)46-29(18-31(41)50)37(55)43-21-40(58)59/h10-17,22-24,29-30,33,49,58-59H,7-9,18-21H2,1-6H3,(H2,41,50)(H,42,52)(H,43,55)(H,44,56)(H,45,57)(H,46,53)(H,47,54)/t23-,24+,29+,30-,33+/m1/s1. The van der Waals surface area contributed by atoms with Crippen LogP contribution in [0.1, 0.15) is 69.8 Å². The molecule has 0 aromatic heterocycles. The molecule has 20 heteroatoms. The number of hydrogen-bond acceptors (Lipinski definition) is 11. The zero-order chi connectivity index (χ0) is 44.4. The Morgan fingerprint density at radius 2 is 1.27 bits per heavy atom. The first-order chi connectivity index (χ1) is 27.8. The van der Waals surface area contributed by atoms with Crippen LogP contribution >= 0.6 is 0 Å². The van der Waals surface area contributed by atoms with Crippen molar-refractivity contribution in [2.45, 2.75) is 90.5 Å². The van der Waals surface area contributed by atoms with Crippen molar-refractivity contribution in [3.63, 3.8) is 0 Å². The molecule has 0 fully saturated rings. The van der Waals surface area contributed by atoms with Gasteiger partial charge in [0, 0.05) is 12.6 Å². The molecule has 2 aromatic rings. The van der Waals surface area contributed by atoms with E-state index in [2.05, 4.69) is 51.0 Å². The number of carbonyl (C=O) groups excluding carboxylic acids is 8. The van der Waals surface area contributed by atoms with E-state index in [4.69, 9.17) is 15.8 Å². The highest BCUT2D eigenvalue weighted by Gasteiger charge is 2.33. The van der Waals surface area contributed by atoms with Crippen molar-refractivity contribution in [1.29, 1.82) is 0 Å². The average molecular weight is 825 g/mol. The lowest BCUT2D eigenvalue weighted by Gasteiger charge is -2.31. The monoisotopic (exact) mass is 824 g/mol. The molecule has 0 aliphatic carbocycles. The van der Waals surface area contributed by atoms with E-state index in [-0.39, 0.29) is 5.56 Å². The summed E-state index contributed by atoms with van der Waals surface area (Å²) in [6.07, 6.45) is 2.01. The molecule has 0 saturated heterocycles. The summed E-state index contributed by atoms with van der Waals surface area (Å²) < 4.78 is 0. The van der Waals surface area contributed by atoms with Crippen molar-refractivity contribution >= 4 is 54.4 Å². The van der Waals surface area contributed by atoms with E-state index < -0.39 is 117 Å². The maximum Gasteiger partial charge on any atom is 0.472 e. The van der Waals surface area contributed by atoms with E-state index in [1.54, 1.807) is 38.1 Å². The predicted octanol–water partition coefficient (Wildman–Crippen LogP) is -2.12. The number of rotatable bonds is 23. The number of nitrogens with two attached hydrogens (primary N) is 1. The molecule has 5 atom stereocenters. The van der Waals surface area contributed by atoms with Crippen LogP contribution in [0.15, 0.2) is 48.5 Å². The van der Waals surface area contributed by atoms with Gasteiger partial charge < -0.3 is 57.7 Å². The summed E-state index contributed by atoms with van der Waals surface area (Å²) in [5.74, 6) is -6.98. The van der Waals surface area contributed by atoms with Crippen molar-refractivity contribution in [3.05, 3.63) is 59.7 Å². The van der Waals surface area contributed by atoms with E-state index >= 15 is 0 Å². The van der Waals surface area contributed by atoms with Crippen molar-refractivity contribution < 1.29 is 53.5 Å². The number of aliphatic hydroxyl groups is 1. The smallest absolute Gasteiger partial charge is 0.426 e. The van der Waals surface area contributed by atoms with E-state index in [0.717, 1.165) is 35.3 Å². The Morgan fingerprint density at radius 1 is 0.712 bits per heavy atom. The number of amides is 8. The molecular weight excluding hydrogens is 767 g/mol. The molecular formula is C39H57BN8O11. The van der Waals surface area contributed by atoms with E-state index in [1.807, 2.05) is 12.1 Å². The first-order valence-corrected chi connectivity index (χ1v) is 19.3. The van der Waals surface area contributed by atoms with Gasteiger partial charge in [0.25, 0.3) is 5.91 Å². The van der Waals surface area contributed by atoms with Crippen molar-refractivity contribution in [3.8, 4) is 11.1 Å². The van der Waals surface area contributed by atoms with Crippen molar-refractivity contribution in [2.24, 2.45) is 11.7 Å². The van der Waals surface area contributed by atoms with E-state index in [9.17, 15) is 43.5 Å². The molecule has 0 aliphatic rings. The lowest BCUT2D eigenvalue weighted by molar-refractivity contribution is -0.142. The lowest BCUT2D eigenvalue weighted by atomic mass is 9.92. The molecule has 0 heterocycles. The summed E-state index contributed by atoms with van der Waals surface area (Å²) in [6.45, 7) is 6.67. The van der Waals surface area contributed by atoms with Gasteiger partial charge in [-0.05, 0) is 61.4 Å². The van der Waals surface area contributed by atoms with Gasteiger partial charge in [-0.15, -0.1) is 0 Å². The summed E-state index contributed by atoms with van der Waals surface area (Å²) in [5, 5.41) is 41.9. The predicted molar refractivity (Wildman–Crippen MR) is 217 cm³/mol. The molecule has 0 spiro atoms. The molecule has 0 saturated carbocycles. The number of nitrogens with one attached hydrogen (secondary N) is 6. The highest BCUT2D eigenvalue weighted by molar-refractivity contribution is 6.41. The Hall–Kier alpha value is -5.86. The Kier molecular flexibility index (Phi) is 20.2. The molecule has 322 valence electrons. The molecule has 0 unspecified atom stereocenters. The fourth-order valence-electron chi connectivity index (χ4n) is 5.78. The Bertz CT molecular complexity index is 1780. The topological polar surface area (TPSA) is 299 Å². The van der Waals surface area contributed by atoms with Gasteiger partial charge in [-0.25, -0.2) is 0 Å². The summed E-state index contributed by atoms with van der Waals surface area (Å²) in [4.78, 5) is 103. The number of hydrogen-bond donors (Lipinski definition) is 10. The Morgan fingerprint density at radius 3 is 1.80 bits per heavy atom. The summed E-state index contributed by atoms with van der Waals surface area (Å²) >= 11 is 0. The third kappa shape index (κ3) is 16.1. The number of primary amides is 1. The van der Waals surface area contributed by atoms with Gasteiger partial charge in [0.1, 0.15) is 30.2 Å². The SMILES string of the molecule is CCCCc1ccc(-c2ccc(C(=O)N[C@H](CO)C(=O)N[C@H](C)C(=O)NCC(=O)N(C)[C@H](C(=O)N[C@@H](C)C(=O)N[C@@H](CC(N)=O)C(=O)NCB(O)O)C(C)C)cc2)cc1. The summed E-state index contributed by atoms with van der Waals surface area (Å²) in [5.41, 5.74) is 8.53. The number of nitrogens with zero attached hydrogens (tertiary/aromatic N) is 1. The highest BCUT2D eigenvalue weighted by atomic mass is 16.4. The number of benzene rings is 2. The highest BCUT2D eigenvalue weighted by Crippen LogP contribution is 2.21. The second kappa shape index (κ2) is 24.2. The molecule has 59 heavy (non-hydrogen) atoms. The molecule has 0 radical (unpaired) electrons. The first-order valence-electron chi connectivity index (χ1n) is 19.3. The maximum absolute atomic E-state index is 13.3. The lowest BCUT2D eigenvalue weighted by Crippen LogP contribution is -2.58. The van der Waals surface area contributed by atoms with Crippen LogP contribution in [0.3, 0.4) is 0 Å². The number of aliphatic hydroxyl groups excluding tert-OH is 1. The quantitative estimate of drug-likeness (QED) is 0.0541. The molecule has 0 bridgehead atoms. The van der Waals surface area contributed by atoms with Gasteiger partial charge in [-0.3, -0.25) is 38.4 Å². The zero-order valence-corrected chi connectivity index (χ0v) is 34.2. The summed E-state index contributed by atoms with van der Waals surface area (Å²) in [7, 11) is -0.580. The van der Waals surface area contributed by atoms with Crippen LogP contribution in [0, 0.1) is 5.92 Å². The van der Waals surface area contributed by atoms with Crippen LogP contribution in [0.25, 0.3) is 11.1 Å². The second-order valence-electron chi connectivity index (χ2n) is 14.4. The first kappa shape index (κ1) is 49.3. The fourth-order valence-corrected chi connectivity index (χ4v) is 5.78. The number of likely N-dealkylation sites (N-methyl/N-ethyl adjacent to an activating group) is 1. The third-order valence-electron chi connectivity index (χ3n) is 9.18. The molecule has 2 rings (SSSR count). The third-order valence-corrected chi connectivity index (χ3v) is 9.18. The Balaban J connectivity index is 1.94. The van der Waals surface area contributed by atoms with Gasteiger partial charge in [-0.1, -0.05) is 63.6 Å². The van der Waals surface area contributed by atoms with Crippen LogP contribution < -0.4 is 37.6 Å². The zero-order valence-electron chi connectivity index (χ0n) is 34.2.